The maximum atomic E-state index is 12.2. The van der Waals surface area contributed by atoms with Crippen molar-refractivity contribution in [3.05, 3.63) is 59.7 Å². The molecule has 0 saturated heterocycles. The molecule has 1 N–H and O–H groups in total. The van der Waals surface area contributed by atoms with Gasteiger partial charge in [0.1, 0.15) is 0 Å². The normalized spacial score (nSPS) is 14.0. The highest BCUT2D eigenvalue weighted by Crippen LogP contribution is 2.29. The first-order valence-corrected chi connectivity index (χ1v) is 9.07. The minimum atomic E-state index is -3.34. The van der Waals surface area contributed by atoms with Crippen LogP contribution in [0.3, 0.4) is 0 Å². The Morgan fingerprint density at radius 3 is 2.68 bits per heavy atom. The van der Waals surface area contributed by atoms with Gasteiger partial charge in [0, 0.05) is 19.3 Å². The van der Waals surface area contributed by atoms with Crippen molar-refractivity contribution < 1.29 is 8.42 Å². The molecule has 1 aliphatic rings. The summed E-state index contributed by atoms with van der Waals surface area (Å²) in [5.41, 5.74) is 4.06. The molecule has 0 unspecified atom stereocenters. The smallest absolute Gasteiger partial charge is 0.233 e. The van der Waals surface area contributed by atoms with Crippen molar-refractivity contribution in [1.82, 2.24) is 0 Å². The highest BCUT2D eigenvalue weighted by Gasteiger charge is 2.17. The van der Waals surface area contributed by atoms with Gasteiger partial charge in [-0.25, -0.2) is 8.42 Å². The van der Waals surface area contributed by atoms with Crippen molar-refractivity contribution >= 4 is 21.4 Å². The van der Waals surface area contributed by atoms with Crippen LogP contribution in [0.1, 0.15) is 11.1 Å². The Morgan fingerprint density at radius 1 is 1.14 bits per heavy atom. The van der Waals surface area contributed by atoms with Crippen LogP contribution in [-0.4, -0.2) is 27.8 Å². The van der Waals surface area contributed by atoms with Crippen molar-refractivity contribution in [2.24, 2.45) is 0 Å². The number of hydrogen-bond donors (Lipinski definition) is 1. The summed E-state index contributed by atoms with van der Waals surface area (Å²) in [6, 6.07) is 15.4. The van der Waals surface area contributed by atoms with Gasteiger partial charge in [-0.05, 0) is 36.1 Å². The molecule has 0 aliphatic carbocycles. The Bertz CT molecular complexity index is 757. The highest BCUT2D eigenvalue weighted by atomic mass is 32.2. The molecule has 2 aromatic carbocycles. The Balaban J connectivity index is 1.68. The van der Waals surface area contributed by atoms with Gasteiger partial charge in [0.05, 0.1) is 11.4 Å². The molecular formula is C17H20N2O2S. The third-order valence-corrected chi connectivity index (χ3v) is 5.28. The number of anilines is 2. The molecule has 1 aliphatic heterocycles. The van der Waals surface area contributed by atoms with E-state index in [4.69, 9.17) is 0 Å². The van der Waals surface area contributed by atoms with E-state index in [9.17, 15) is 8.42 Å². The predicted molar refractivity (Wildman–Crippen MR) is 91.0 cm³/mol. The molecule has 0 spiro atoms. The standard InChI is InChI=1S/C17H20N2O2S/c1-19-11-9-15-7-8-16(13-17(15)19)18-22(20,21)12-10-14-5-3-2-4-6-14/h2-8,13,18H,9-12H2,1H3. The average Bonchev–Trinajstić information content (AvgIpc) is 2.87. The Labute approximate surface area is 131 Å². The van der Waals surface area contributed by atoms with Gasteiger partial charge < -0.3 is 4.90 Å². The SMILES string of the molecule is CN1CCc2ccc(NS(=O)(=O)CCc3ccccc3)cc21. The Morgan fingerprint density at radius 2 is 1.91 bits per heavy atom. The van der Waals surface area contributed by atoms with Gasteiger partial charge in [-0.2, -0.15) is 0 Å². The second-order valence-corrected chi connectivity index (χ2v) is 7.51. The average molecular weight is 316 g/mol. The number of benzene rings is 2. The number of nitrogens with zero attached hydrogens (tertiary/aromatic N) is 1. The van der Waals surface area contributed by atoms with E-state index in [1.807, 2.05) is 55.6 Å². The van der Waals surface area contributed by atoms with Gasteiger partial charge in [-0.3, -0.25) is 4.72 Å². The molecule has 2 aromatic rings. The van der Waals surface area contributed by atoms with Crippen molar-refractivity contribution in [2.45, 2.75) is 12.8 Å². The van der Waals surface area contributed by atoms with Gasteiger partial charge in [0.25, 0.3) is 0 Å². The van der Waals surface area contributed by atoms with Crippen LogP contribution in [0.25, 0.3) is 0 Å². The fourth-order valence-corrected chi connectivity index (χ4v) is 3.82. The molecular weight excluding hydrogens is 296 g/mol. The van der Waals surface area contributed by atoms with Crippen molar-refractivity contribution in [1.29, 1.82) is 0 Å². The van der Waals surface area contributed by atoms with Crippen LogP contribution in [0.15, 0.2) is 48.5 Å². The maximum Gasteiger partial charge on any atom is 0.233 e. The molecule has 0 fully saturated rings. The van der Waals surface area contributed by atoms with Gasteiger partial charge in [-0.15, -0.1) is 0 Å². The lowest BCUT2D eigenvalue weighted by molar-refractivity contribution is 0.600. The minimum absolute atomic E-state index is 0.0872. The largest absolute Gasteiger partial charge is 0.374 e. The lowest BCUT2D eigenvalue weighted by atomic mass is 10.1. The van der Waals surface area contributed by atoms with E-state index in [0.717, 1.165) is 24.2 Å². The molecule has 0 amide bonds. The van der Waals surface area contributed by atoms with Crippen LogP contribution in [0.4, 0.5) is 11.4 Å². The molecule has 4 nitrogen and oxygen atoms in total. The molecule has 0 aromatic heterocycles. The fourth-order valence-electron chi connectivity index (χ4n) is 2.73. The maximum absolute atomic E-state index is 12.2. The minimum Gasteiger partial charge on any atom is -0.374 e. The van der Waals surface area contributed by atoms with Crippen LogP contribution in [0, 0.1) is 0 Å². The molecule has 0 bridgehead atoms. The zero-order valence-corrected chi connectivity index (χ0v) is 13.4. The summed E-state index contributed by atoms with van der Waals surface area (Å²) in [6.07, 6.45) is 1.54. The van der Waals surface area contributed by atoms with E-state index in [1.54, 1.807) is 0 Å². The highest BCUT2D eigenvalue weighted by molar-refractivity contribution is 7.92. The molecule has 3 rings (SSSR count). The molecule has 0 radical (unpaired) electrons. The zero-order valence-electron chi connectivity index (χ0n) is 12.6. The van der Waals surface area contributed by atoms with Crippen molar-refractivity contribution in [3.63, 3.8) is 0 Å². The van der Waals surface area contributed by atoms with Crippen LogP contribution in [-0.2, 0) is 22.9 Å². The lowest BCUT2D eigenvalue weighted by Crippen LogP contribution is -2.18. The summed E-state index contributed by atoms with van der Waals surface area (Å²) < 4.78 is 27.1. The predicted octanol–water partition coefficient (Wildman–Crippen LogP) is 2.66. The van der Waals surface area contributed by atoms with E-state index < -0.39 is 10.0 Å². The number of nitrogens with one attached hydrogen (secondary N) is 1. The van der Waals surface area contributed by atoms with Crippen LogP contribution < -0.4 is 9.62 Å². The Hall–Kier alpha value is -2.01. The summed E-state index contributed by atoms with van der Waals surface area (Å²) in [5, 5.41) is 0. The third kappa shape index (κ3) is 3.42. The molecule has 1 heterocycles. The number of rotatable bonds is 5. The molecule has 116 valence electrons. The zero-order chi connectivity index (χ0) is 15.6. The molecule has 5 heteroatoms. The van der Waals surface area contributed by atoms with Gasteiger partial charge in [0.2, 0.25) is 10.0 Å². The summed E-state index contributed by atoms with van der Waals surface area (Å²) in [6.45, 7) is 0.986. The Kier molecular flexibility index (Phi) is 4.07. The number of sulfonamides is 1. The van der Waals surface area contributed by atoms with Crippen LogP contribution in [0.2, 0.25) is 0 Å². The lowest BCUT2D eigenvalue weighted by Gasteiger charge is -2.14. The summed E-state index contributed by atoms with van der Waals surface area (Å²) >= 11 is 0. The molecule has 0 saturated carbocycles. The second kappa shape index (κ2) is 6.01. The topological polar surface area (TPSA) is 49.4 Å². The van der Waals surface area contributed by atoms with Gasteiger partial charge in [-0.1, -0.05) is 36.4 Å². The van der Waals surface area contributed by atoms with E-state index in [2.05, 4.69) is 9.62 Å². The quantitative estimate of drug-likeness (QED) is 0.922. The first kappa shape index (κ1) is 14.9. The van der Waals surface area contributed by atoms with E-state index in [0.29, 0.717) is 12.1 Å². The third-order valence-electron chi connectivity index (χ3n) is 3.99. The number of hydrogen-bond acceptors (Lipinski definition) is 3. The monoisotopic (exact) mass is 316 g/mol. The molecule has 22 heavy (non-hydrogen) atoms. The summed E-state index contributed by atoms with van der Waals surface area (Å²) in [5.74, 6) is 0.0872. The first-order chi connectivity index (χ1) is 10.5. The van der Waals surface area contributed by atoms with E-state index in [1.165, 1.54) is 5.56 Å². The van der Waals surface area contributed by atoms with Gasteiger partial charge >= 0.3 is 0 Å². The molecule has 0 atom stereocenters. The van der Waals surface area contributed by atoms with Gasteiger partial charge in [0.15, 0.2) is 0 Å². The summed E-state index contributed by atoms with van der Waals surface area (Å²) in [7, 11) is -1.31. The van der Waals surface area contributed by atoms with Crippen molar-refractivity contribution in [3.8, 4) is 0 Å². The van der Waals surface area contributed by atoms with Crippen molar-refractivity contribution in [2.75, 3.05) is 29.0 Å². The second-order valence-electron chi connectivity index (χ2n) is 5.67. The fraction of sp³-hybridized carbons (Fsp3) is 0.294. The first-order valence-electron chi connectivity index (χ1n) is 7.42. The number of fused-ring (bicyclic) bond motifs is 1. The van der Waals surface area contributed by atoms with E-state index in [-0.39, 0.29) is 5.75 Å². The summed E-state index contributed by atoms with van der Waals surface area (Å²) in [4.78, 5) is 2.15. The van der Waals surface area contributed by atoms with E-state index >= 15 is 0 Å². The number of aryl methyl sites for hydroxylation is 1. The number of likely N-dealkylation sites (N-methyl/N-ethyl adjacent to an activating group) is 1. The van der Waals surface area contributed by atoms with Crippen LogP contribution in [0.5, 0.6) is 0 Å². The van der Waals surface area contributed by atoms with Crippen LogP contribution >= 0.6 is 0 Å².